The van der Waals surface area contributed by atoms with Crippen molar-refractivity contribution in [2.45, 2.75) is 25.8 Å². The lowest BCUT2D eigenvalue weighted by Gasteiger charge is -2.19. The number of carbonyl (C=O) groups is 1. The van der Waals surface area contributed by atoms with Crippen LogP contribution in [-0.4, -0.2) is 10.5 Å². The molecular weight excluding hydrogens is 454 g/mol. The van der Waals surface area contributed by atoms with Crippen molar-refractivity contribution in [3.63, 3.8) is 0 Å². The summed E-state index contributed by atoms with van der Waals surface area (Å²) in [6.07, 6.45) is 2.08. The normalized spacial score (nSPS) is 12.0. The summed E-state index contributed by atoms with van der Waals surface area (Å²) in [6, 6.07) is 28.6. The number of rotatable bonds is 7. The van der Waals surface area contributed by atoms with Gasteiger partial charge in [0.15, 0.2) is 0 Å². The van der Waals surface area contributed by atoms with Crippen molar-refractivity contribution in [1.29, 1.82) is 0 Å². The molecule has 0 fully saturated rings. The average Bonchev–Trinajstić information content (AvgIpc) is 3.24. The zero-order chi connectivity index (χ0) is 25.1. The average molecular weight is 481 g/mol. The van der Waals surface area contributed by atoms with Crippen molar-refractivity contribution in [3.8, 4) is 0 Å². The lowest BCUT2D eigenvalue weighted by Crippen LogP contribution is -2.17. The van der Waals surface area contributed by atoms with Crippen molar-refractivity contribution in [3.05, 3.63) is 137 Å². The van der Waals surface area contributed by atoms with Gasteiger partial charge in [-0.3, -0.25) is 4.79 Å². The molecule has 1 N–H and O–H groups in total. The van der Waals surface area contributed by atoms with Crippen LogP contribution < -0.4 is 5.32 Å². The summed E-state index contributed by atoms with van der Waals surface area (Å²) < 4.78 is 30.7. The number of nitrogens with one attached hydrogen (secondary N) is 1. The van der Waals surface area contributed by atoms with Gasteiger partial charge in [-0.1, -0.05) is 66.2 Å². The second-order valence-electron chi connectivity index (χ2n) is 9.05. The topological polar surface area (TPSA) is 34.0 Å². The highest BCUT2D eigenvalue weighted by molar-refractivity contribution is 5.93. The maximum atomic E-state index is 15.2. The summed E-state index contributed by atoms with van der Waals surface area (Å²) in [4.78, 5) is 13.2. The Morgan fingerprint density at radius 1 is 0.861 bits per heavy atom. The molecule has 0 bridgehead atoms. The Morgan fingerprint density at radius 3 is 2.36 bits per heavy atom. The van der Waals surface area contributed by atoms with Crippen molar-refractivity contribution >= 4 is 22.5 Å². The van der Waals surface area contributed by atoms with Gasteiger partial charge in [0.25, 0.3) is 0 Å². The summed E-state index contributed by atoms with van der Waals surface area (Å²) >= 11 is 0. The molecule has 1 amide bonds. The van der Waals surface area contributed by atoms with Crippen molar-refractivity contribution in [2.24, 2.45) is 0 Å². The number of aryl methyl sites for hydroxylation is 1. The molecule has 1 heterocycles. The van der Waals surface area contributed by atoms with Gasteiger partial charge in [0.1, 0.15) is 11.6 Å². The van der Waals surface area contributed by atoms with Crippen LogP contribution in [0.5, 0.6) is 0 Å². The summed E-state index contributed by atoms with van der Waals surface area (Å²) in [5, 5.41) is 3.90. The number of hydrogen-bond donors (Lipinski definition) is 1. The molecule has 5 heteroatoms. The highest BCUT2D eigenvalue weighted by Crippen LogP contribution is 2.37. The first-order valence-corrected chi connectivity index (χ1v) is 11.9. The van der Waals surface area contributed by atoms with E-state index >= 15 is 4.39 Å². The van der Waals surface area contributed by atoms with E-state index in [9.17, 15) is 9.18 Å². The maximum absolute atomic E-state index is 15.2. The second kappa shape index (κ2) is 10.2. The van der Waals surface area contributed by atoms with Gasteiger partial charge in [-0.2, -0.15) is 0 Å². The van der Waals surface area contributed by atoms with Crippen LogP contribution in [0.1, 0.15) is 34.6 Å². The number of benzene rings is 4. The van der Waals surface area contributed by atoms with Crippen LogP contribution in [0.4, 0.5) is 14.5 Å². The van der Waals surface area contributed by atoms with Gasteiger partial charge in [-0.25, -0.2) is 8.78 Å². The third-order valence-corrected chi connectivity index (χ3v) is 6.43. The number of hydrogen-bond acceptors (Lipinski definition) is 1. The number of anilines is 1. The predicted molar refractivity (Wildman–Crippen MR) is 140 cm³/mol. The standard InChI is InChI=1S/C31H26F2N2O/c1-21-11-16-29(33)27(17-21)26(18-31(36)34-24-7-3-2-4-8-24)28-20-35(30-10-6-5-9-25(28)30)19-22-12-14-23(32)15-13-22/h2-17,20,26H,18-19H2,1H3,(H,34,36)/t26-/m0/s1. The third kappa shape index (κ3) is 5.05. The van der Waals surface area contributed by atoms with Crippen LogP contribution in [0.3, 0.4) is 0 Å². The van der Waals surface area contributed by atoms with Crippen LogP contribution in [-0.2, 0) is 11.3 Å². The quantitative estimate of drug-likeness (QED) is 0.258. The van der Waals surface area contributed by atoms with Gasteiger partial charge in [-0.15, -0.1) is 0 Å². The summed E-state index contributed by atoms with van der Waals surface area (Å²) in [6.45, 7) is 2.45. The van der Waals surface area contributed by atoms with E-state index < -0.39 is 5.92 Å². The molecule has 0 unspecified atom stereocenters. The number of carbonyl (C=O) groups excluding carboxylic acids is 1. The van der Waals surface area contributed by atoms with E-state index in [1.165, 1.54) is 18.2 Å². The van der Waals surface area contributed by atoms with Gasteiger partial charge in [0.05, 0.1) is 0 Å². The Labute approximate surface area is 209 Å². The van der Waals surface area contributed by atoms with Crippen molar-refractivity contribution in [2.75, 3.05) is 5.32 Å². The first kappa shape index (κ1) is 23.5. The van der Waals surface area contributed by atoms with Gasteiger partial charge < -0.3 is 9.88 Å². The molecule has 3 nitrogen and oxygen atoms in total. The minimum absolute atomic E-state index is 0.0832. The monoisotopic (exact) mass is 480 g/mol. The van der Waals surface area contributed by atoms with E-state index in [0.717, 1.165) is 27.6 Å². The predicted octanol–water partition coefficient (Wildman–Crippen LogP) is 7.44. The Hall–Kier alpha value is -4.25. The fourth-order valence-electron chi connectivity index (χ4n) is 4.71. The van der Waals surface area contributed by atoms with Crippen LogP contribution >= 0.6 is 0 Å². The molecule has 0 radical (unpaired) electrons. The van der Waals surface area contributed by atoms with Crippen molar-refractivity contribution < 1.29 is 13.6 Å². The van der Waals surface area contributed by atoms with Crippen LogP contribution in [0.15, 0.2) is 103 Å². The lowest BCUT2D eigenvalue weighted by molar-refractivity contribution is -0.116. The zero-order valence-corrected chi connectivity index (χ0v) is 19.9. The Balaban J connectivity index is 1.58. The van der Waals surface area contributed by atoms with E-state index in [4.69, 9.17) is 0 Å². The van der Waals surface area contributed by atoms with Gasteiger partial charge in [0, 0.05) is 41.7 Å². The number of fused-ring (bicyclic) bond motifs is 1. The fraction of sp³-hybridized carbons (Fsp3) is 0.129. The summed E-state index contributed by atoms with van der Waals surface area (Å²) in [7, 11) is 0. The van der Waals surface area contributed by atoms with E-state index in [2.05, 4.69) is 9.88 Å². The number of halogens is 2. The molecular formula is C31H26F2N2O. The molecule has 4 aromatic carbocycles. The molecule has 0 saturated carbocycles. The Kier molecular flexibility index (Phi) is 6.63. The first-order chi connectivity index (χ1) is 17.5. The molecule has 5 rings (SSSR count). The minimum Gasteiger partial charge on any atom is -0.343 e. The molecule has 180 valence electrons. The minimum atomic E-state index is -0.493. The summed E-state index contributed by atoms with van der Waals surface area (Å²) in [5.41, 5.74) is 4.91. The van der Waals surface area contributed by atoms with Crippen LogP contribution in [0, 0.1) is 18.6 Å². The van der Waals surface area contributed by atoms with Crippen LogP contribution in [0.2, 0.25) is 0 Å². The Bertz CT molecular complexity index is 1510. The van der Waals surface area contributed by atoms with Crippen molar-refractivity contribution in [1.82, 2.24) is 4.57 Å². The molecule has 0 spiro atoms. The second-order valence-corrected chi connectivity index (χ2v) is 9.05. The number of nitrogens with zero attached hydrogens (tertiary/aromatic N) is 1. The van der Waals surface area contributed by atoms with E-state index in [1.54, 1.807) is 18.2 Å². The maximum Gasteiger partial charge on any atom is 0.225 e. The molecule has 1 aromatic heterocycles. The largest absolute Gasteiger partial charge is 0.343 e. The molecule has 0 aliphatic heterocycles. The Morgan fingerprint density at radius 2 is 1.58 bits per heavy atom. The van der Waals surface area contributed by atoms with E-state index in [1.807, 2.05) is 73.8 Å². The van der Waals surface area contributed by atoms with E-state index in [-0.39, 0.29) is 24.0 Å². The van der Waals surface area contributed by atoms with E-state index in [0.29, 0.717) is 17.8 Å². The fourth-order valence-corrected chi connectivity index (χ4v) is 4.71. The summed E-state index contributed by atoms with van der Waals surface area (Å²) in [5.74, 6) is -1.31. The highest BCUT2D eigenvalue weighted by Gasteiger charge is 2.25. The number of para-hydroxylation sites is 2. The first-order valence-electron chi connectivity index (χ1n) is 11.9. The smallest absolute Gasteiger partial charge is 0.225 e. The molecule has 5 aromatic rings. The zero-order valence-electron chi connectivity index (χ0n) is 19.9. The molecule has 0 saturated heterocycles. The SMILES string of the molecule is Cc1ccc(F)c([C@H](CC(=O)Nc2ccccc2)c2cn(Cc3ccc(F)cc3)c3ccccc23)c1. The number of aromatic nitrogens is 1. The number of amides is 1. The highest BCUT2D eigenvalue weighted by atomic mass is 19.1. The van der Waals surface area contributed by atoms with Gasteiger partial charge in [0.2, 0.25) is 5.91 Å². The molecule has 1 atom stereocenters. The van der Waals surface area contributed by atoms with Gasteiger partial charge >= 0.3 is 0 Å². The van der Waals surface area contributed by atoms with Gasteiger partial charge in [-0.05, 0) is 60.0 Å². The molecule has 0 aliphatic carbocycles. The molecule has 0 aliphatic rings. The molecule has 36 heavy (non-hydrogen) atoms. The van der Waals surface area contributed by atoms with Crippen LogP contribution in [0.25, 0.3) is 10.9 Å². The lowest BCUT2D eigenvalue weighted by atomic mass is 9.87. The third-order valence-electron chi connectivity index (χ3n) is 6.43.